The van der Waals surface area contributed by atoms with E-state index in [2.05, 4.69) is 6.58 Å². The Morgan fingerprint density at radius 3 is 2.55 bits per heavy atom. The van der Waals surface area contributed by atoms with Gasteiger partial charge < -0.3 is 9.84 Å². The fourth-order valence-corrected chi connectivity index (χ4v) is 1.95. The number of esters is 1. The molecule has 0 heterocycles. The number of carbonyl (C=O) groups is 1. The number of hydrogen-bond donors (Lipinski definition) is 1. The normalized spacial score (nSPS) is 9.85. The molecule has 3 nitrogen and oxygen atoms in total. The minimum atomic E-state index is -0.372. The van der Waals surface area contributed by atoms with Gasteiger partial charge in [-0.15, -0.1) is 0 Å². The van der Waals surface area contributed by atoms with Gasteiger partial charge in [0.25, 0.3) is 0 Å². The molecule has 0 aromatic heterocycles. The zero-order valence-electron chi connectivity index (χ0n) is 11.4. The molecular weight excluding hydrogens is 329 g/mol. The molecule has 2 aromatic rings. The van der Waals surface area contributed by atoms with Crippen LogP contribution in [-0.4, -0.2) is 17.7 Å². The molecule has 2 rings (SSSR count). The Labute approximate surface area is 143 Å². The Morgan fingerprint density at radius 1 is 1.20 bits per heavy atom. The maximum atomic E-state index is 11.3. The van der Waals surface area contributed by atoms with E-state index in [0.717, 1.165) is 16.3 Å². The number of hydrogen-bond acceptors (Lipinski definition) is 3. The van der Waals surface area contributed by atoms with Crippen LogP contribution in [0.15, 0.2) is 48.6 Å². The van der Waals surface area contributed by atoms with Crippen LogP contribution in [0.2, 0.25) is 0 Å². The van der Waals surface area contributed by atoms with Gasteiger partial charge in [-0.25, -0.2) is 4.79 Å². The molecule has 0 aliphatic rings. The topological polar surface area (TPSA) is 46.5 Å². The fourth-order valence-electron chi connectivity index (χ4n) is 1.95. The van der Waals surface area contributed by atoms with Crippen LogP contribution in [0.25, 0.3) is 10.8 Å². The van der Waals surface area contributed by atoms with Gasteiger partial charge in [0.05, 0.1) is 6.61 Å². The van der Waals surface area contributed by atoms with Crippen LogP contribution in [0.4, 0.5) is 0 Å². The molecule has 0 atom stereocenters. The van der Waals surface area contributed by atoms with Crippen molar-refractivity contribution in [3.63, 3.8) is 0 Å². The van der Waals surface area contributed by atoms with Gasteiger partial charge in [-0.1, -0.05) is 36.9 Å². The Morgan fingerprint density at radius 2 is 1.85 bits per heavy atom. The first-order valence-corrected chi connectivity index (χ1v) is 6.12. The third-order valence-electron chi connectivity index (χ3n) is 2.94. The molecule has 0 aliphatic carbocycles. The van der Waals surface area contributed by atoms with Gasteiger partial charge >= 0.3 is 5.97 Å². The molecule has 20 heavy (non-hydrogen) atoms. The average molecular weight is 345 g/mol. The number of benzene rings is 2. The monoisotopic (exact) mass is 345 g/mol. The predicted octanol–water partition coefficient (Wildman–Crippen LogP) is 3.20. The van der Waals surface area contributed by atoms with Crippen molar-refractivity contribution in [2.45, 2.75) is 13.3 Å². The fraction of sp³-hybridized carbons (Fsp3) is 0.188. The second-order valence-electron chi connectivity index (χ2n) is 4.46. The zero-order valence-corrected chi connectivity index (χ0v) is 14.3. The van der Waals surface area contributed by atoms with E-state index in [1.54, 1.807) is 19.1 Å². The maximum absolute atomic E-state index is 11.3. The van der Waals surface area contributed by atoms with Crippen LogP contribution in [0.5, 0.6) is 5.75 Å². The van der Waals surface area contributed by atoms with Crippen molar-refractivity contribution in [2.75, 3.05) is 6.61 Å². The summed E-state index contributed by atoms with van der Waals surface area (Å²) in [5, 5.41) is 11.6. The van der Waals surface area contributed by atoms with Gasteiger partial charge in [0.2, 0.25) is 0 Å². The summed E-state index contributed by atoms with van der Waals surface area (Å²) < 4.78 is 5.09. The maximum Gasteiger partial charge on any atom is 0.333 e. The molecule has 2 aromatic carbocycles. The number of ether oxygens (including phenoxy) is 1. The van der Waals surface area contributed by atoms with Gasteiger partial charge in [0, 0.05) is 50.1 Å². The van der Waals surface area contributed by atoms with E-state index in [0.29, 0.717) is 18.6 Å². The van der Waals surface area contributed by atoms with E-state index >= 15 is 0 Å². The van der Waals surface area contributed by atoms with Crippen LogP contribution in [0.3, 0.4) is 0 Å². The second kappa shape index (κ2) is 7.56. The molecule has 101 valence electrons. The molecule has 0 amide bonds. The van der Waals surface area contributed by atoms with Crippen molar-refractivity contribution >= 4 is 16.7 Å². The summed E-state index contributed by atoms with van der Waals surface area (Å²) in [6, 6.07) is 11.1. The standard InChI is InChI=1S/C16H16O3.Y/c1-11(2)16(18)19-10-9-12-5-3-7-14-13(12)6-4-8-15(14)17;/h3-8,17H,1,9-10H2,2H3;. The Hall–Kier alpha value is -1.19. The predicted molar refractivity (Wildman–Crippen MR) is 75.1 cm³/mol. The van der Waals surface area contributed by atoms with Crippen LogP contribution < -0.4 is 0 Å². The molecule has 0 fully saturated rings. The van der Waals surface area contributed by atoms with Crippen molar-refractivity contribution in [3.8, 4) is 5.75 Å². The number of phenolic OH excluding ortho intramolecular Hbond substituents is 1. The zero-order chi connectivity index (χ0) is 13.8. The summed E-state index contributed by atoms with van der Waals surface area (Å²) in [5.41, 5.74) is 1.44. The second-order valence-corrected chi connectivity index (χ2v) is 4.46. The van der Waals surface area contributed by atoms with Crippen LogP contribution in [0.1, 0.15) is 12.5 Å². The average Bonchev–Trinajstić information content (AvgIpc) is 2.39. The number of fused-ring (bicyclic) bond motifs is 1. The summed E-state index contributed by atoms with van der Waals surface area (Å²) >= 11 is 0. The van der Waals surface area contributed by atoms with E-state index in [-0.39, 0.29) is 44.4 Å². The third-order valence-corrected chi connectivity index (χ3v) is 2.94. The first-order chi connectivity index (χ1) is 9.09. The Kier molecular flexibility index (Phi) is 6.37. The molecule has 1 radical (unpaired) electrons. The molecule has 0 bridgehead atoms. The van der Waals surface area contributed by atoms with Crippen LogP contribution in [0, 0.1) is 0 Å². The number of phenols is 1. The van der Waals surface area contributed by atoms with E-state index in [1.807, 2.05) is 24.3 Å². The van der Waals surface area contributed by atoms with Crippen molar-refractivity contribution in [2.24, 2.45) is 0 Å². The van der Waals surface area contributed by atoms with Gasteiger partial charge in [-0.3, -0.25) is 0 Å². The van der Waals surface area contributed by atoms with Gasteiger partial charge in [-0.2, -0.15) is 0 Å². The van der Waals surface area contributed by atoms with Crippen LogP contribution >= 0.6 is 0 Å². The van der Waals surface area contributed by atoms with Gasteiger partial charge in [0.15, 0.2) is 0 Å². The summed E-state index contributed by atoms with van der Waals surface area (Å²) in [6.07, 6.45) is 0.611. The van der Waals surface area contributed by atoms with Crippen molar-refractivity contribution < 1.29 is 47.3 Å². The Bertz CT molecular complexity index is 635. The molecular formula is C16H16O3Y. The molecule has 0 spiro atoms. The van der Waals surface area contributed by atoms with E-state index in [1.165, 1.54) is 0 Å². The quantitative estimate of drug-likeness (QED) is 0.684. The minimum absolute atomic E-state index is 0. The molecule has 0 saturated carbocycles. The van der Waals surface area contributed by atoms with Crippen molar-refractivity contribution in [1.29, 1.82) is 0 Å². The van der Waals surface area contributed by atoms with E-state index in [4.69, 9.17) is 4.74 Å². The summed E-state index contributed by atoms with van der Waals surface area (Å²) in [5.74, 6) is -0.110. The van der Waals surface area contributed by atoms with Gasteiger partial charge in [0.1, 0.15) is 5.75 Å². The first-order valence-electron chi connectivity index (χ1n) is 6.12. The smallest absolute Gasteiger partial charge is 0.333 e. The van der Waals surface area contributed by atoms with E-state index in [9.17, 15) is 9.90 Å². The largest absolute Gasteiger partial charge is 0.507 e. The number of carbonyl (C=O) groups excluding carboxylic acids is 1. The molecule has 0 aliphatic heterocycles. The molecule has 0 unspecified atom stereocenters. The summed E-state index contributed by atoms with van der Waals surface area (Å²) in [6.45, 7) is 5.46. The molecule has 1 N–H and O–H groups in total. The number of aromatic hydroxyl groups is 1. The third kappa shape index (κ3) is 3.91. The summed E-state index contributed by atoms with van der Waals surface area (Å²) in [7, 11) is 0. The van der Waals surface area contributed by atoms with Crippen LogP contribution in [-0.2, 0) is 48.7 Å². The number of rotatable bonds is 4. The SMILES string of the molecule is C=C(C)C(=O)OCCc1cccc2c(O)cccc12.[Y]. The van der Waals surface area contributed by atoms with Crippen molar-refractivity contribution in [3.05, 3.63) is 54.1 Å². The van der Waals surface area contributed by atoms with Gasteiger partial charge in [-0.05, 0) is 23.9 Å². The van der Waals surface area contributed by atoms with Crippen molar-refractivity contribution in [1.82, 2.24) is 0 Å². The molecule has 4 heteroatoms. The molecule has 0 saturated heterocycles. The van der Waals surface area contributed by atoms with E-state index < -0.39 is 0 Å². The minimum Gasteiger partial charge on any atom is -0.507 e. The first kappa shape index (κ1) is 16.9. The Balaban J connectivity index is 0.00000200. The summed E-state index contributed by atoms with van der Waals surface area (Å²) in [4.78, 5) is 11.3.